The molecule has 0 aromatic rings. The first kappa shape index (κ1) is 35.0. The molecule has 5 aliphatic carbocycles. The summed E-state index contributed by atoms with van der Waals surface area (Å²) in [4.78, 5) is 38.9. The van der Waals surface area contributed by atoms with Gasteiger partial charge in [-0.2, -0.15) is 0 Å². The maximum absolute atomic E-state index is 14.7. The molecule has 0 bridgehead atoms. The minimum absolute atomic E-state index is 0.0245. The molecule has 1 aliphatic heterocycles. The predicted molar refractivity (Wildman–Crippen MR) is 171 cm³/mol. The van der Waals surface area contributed by atoms with Crippen LogP contribution in [0.15, 0.2) is 11.6 Å². The highest BCUT2D eigenvalue weighted by Gasteiger charge is 2.74. The zero-order valence-corrected chi connectivity index (χ0v) is 29.3. The minimum atomic E-state index is -1.79. The number of aliphatic hydroxyl groups excluding tert-OH is 3. The molecule has 5 fully saturated rings. The van der Waals surface area contributed by atoms with Crippen molar-refractivity contribution in [3.63, 3.8) is 0 Å². The van der Waals surface area contributed by atoms with Gasteiger partial charge in [0.2, 0.25) is 0 Å². The predicted octanol–water partition coefficient (Wildman–Crippen LogP) is 4.72. The van der Waals surface area contributed by atoms with Crippen LogP contribution < -0.4 is 0 Å². The molecule has 1 saturated heterocycles. The molecule has 6 rings (SSSR count). The number of aliphatic hydroxyl groups is 3. The SMILES string of the molecule is CC1(C)[C@@H](O[C@@H]2O[C@H](C(=O)O)[C@@H](O)[C@H](O)[C@H]2O)CC[C@]2(C)[C@H]3C(=O)C=C4[C@@H]5C[C@@](C)(C(=O)O)CC[C@]5(C)CC[C@@]4(C)[C@]3(C)CC[C@@]12C. The van der Waals surface area contributed by atoms with Gasteiger partial charge in [0, 0.05) is 5.92 Å². The van der Waals surface area contributed by atoms with Crippen LogP contribution in [0.1, 0.15) is 113 Å². The van der Waals surface area contributed by atoms with E-state index in [1.54, 1.807) is 0 Å². The molecular formula is C37H56O10. The number of carboxylic acids is 2. The molecule has 0 unspecified atom stereocenters. The number of ketones is 1. The number of hydrogen-bond acceptors (Lipinski definition) is 8. The van der Waals surface area contributed by atoms with E-state index in [4.69, 9.17) is 9.47 Å². The van der Waals surface area contributed by atoms with Crippen LogP contribution in [0.5, 0.6) is 0 Å². The highest BCUT2D eigenvalue weighted by Crippen LogP contribution is 2.78. The summed E-state index contributed by atoms with van der Waals surface area (Å²) in [5.41, 5.74) is -1.61. The van der Waals surface area contributed by atoms with Crippen molar-refractivity contribution in [2.45, 2.75) is 150 Å². The molecule has 0 amide bonds. The molecule has 6 aliphatic rings. The van der Waals surface area contributed by atoms with Crippen molar-refractivity contribution in [2.24, 2.45) is 49.7 Å². The number of allylic oxidation sites excluding steroid dienone is 2. The summed E-state index contributed by atoms with van der Waals surface area (Å²) in [5, 5.41) is 51.1. The minimum Gasteiger partial charge on any atom is -0.481 e. The van der Waals surface area contributed by atoms with Gasteiger partial charge >= 0.3 is 11.9 Å². The van der Waals surface area contributed by atoms with Gasteiger partial charge in [0.25, 0.3) is 0 Å². The van der Waals surface area contributed by atoms with Gasteiger partial charge in [-0.05, 0) is 109 Å². The van der Waals surface area contributed by atoms with Crippen LogP contribution >= 0.6 is 0 Å². The second kappa shape index (κ2) is 10.6. The molecule has 14 atom stereocenters. The summed E-state index contributed by atoms with van der Waals surface area (Å²) >= 11 is 0. The van der Waals surface area contributed by atoms with Crippen molar-refractivity contribution < 1.29 is 49.4 Å². The molecule has 10 nitrogen and oxygen atoms in total. The Morgan fingerprint density at radius 2 is 1.45 bits per heavy atom. The second-order valence-corrected chi connectivity index (χ2v) is 18.3. The zero-order valence-electron chi connectivity index (χ0n) is 29.3. The van der Waals surface area contributed by atoms with Gasteiger partial charge in [0.05, 0.1) is 11.5 Å². The number of carboxylic acid groups (broad SMARTS) is 2. The fourth-order valence-corrected chi connectivity index (χ4v) is 12.1. The van der Waals surface area contributed by atoms with Crippen molar-refractivity contribution in [3.05, 3.63) is 11.6 Å². The molecule has 10 heteroatoms. The first-order valence-electron chi connectivity index (χ1n) is 17.6. The highest BCUT2D eigenvalue weighted by molar-refractivity contribution is 5.96. The number of fused-ring (bicyclic) bond motifs is 7. The fraction of sp³-hybridized carbons (Fsp3) is 0.865. The van der Waals surface area contributed by atoms with E-state index >= 15 is 0 Å². The van der Waals surface area contributed by atoms with Crippen LogP contribution in [-0.4, -0.2) is 80.1 Å². The van der Waals surface area contributed by atoms with Gasteiger partial charge in [-0.3, -0.25) is 9.59 Å². The van der Waals surface area contributed by atoms with Crippen molar-refractivity contribution in [3.8, 4) is 0 Å². The van der Waals surface area contributed by atoms with Crippen molar-refractivity contribution in [1.29, 1.82) is 0 Å². The third kappa shape index (κ3) is 4.42. The largest absolute Gasteiger partial charge is 0.481 e. The van der Waals surface area contributed by atoms with E-state index in [0.717, 1.165) is 32.1 Å². The van der Waals surface area contributed by atoms with E-state index in [1.807, 2.05) is 13.0 Å². The smallest absolute Gasteiger partial charge is 0.335 e. The number of rotatable bonds is 4. The van der Waals surface area contributed by atoms with E-state index in [9.17, 15) is 39.9 Å². The van der Waals surface area contributed by atoms with Gasteiger partial charge in [0.1, 0.15) is 18.3 Å². The quantitative estimate of drug-likeness (QED) is 0.266. The lowest BCUT2D eigenvalue weighted by molar-refractivity contribution is -0.332. The number of aliphatic carboxylic acids is 2. The molecule has 0 aromatic carbocycles. The summed E-state index contributed by atoms with van der Waals surface area (Å²) in [6.07, 6.45) is -0.0163. The van der Waals surface area contributed by atoms with E-state index < -0.39 is 70.4 Å². The lowest BCUT2D eigenvalue weighted by atomic mass is 9.30. The highest BCUT2D eigenvalue weighted by atomic mass is 16.7. The van der Waals surface area contributed by atoms with Crippen molar-refractivity contribution in [1.82, 2.24) is 0 Å². The van der Waals surface area contributed by atoms with Crippen molar-refractivity contribution in [2.75, 3.05) is 0 Å². The standard InChI is InChI=1S/C37H56O10/c1-31(2)22(46-29-25(41)23(39)24(40)26(47-29)28(42)43)9-10-36(7)27-21(38)17-19-20-18-33(4,30(44)45)12-11-32(20,3)13-14-34(19,5)35(27,6)15-16-37(31,36)8/h17,20,22-27,29,39-41H,9-16,18H2,1-8H3,(H,42,43)(H,44,45)/t20-,22-,23-,24-,25+,26-,27-,29+,32+,33-,34+,35+,36+,37-/m0/s1. The van der Waals surface area contributed by atoms with Crippen LogP contribution in [0.4, 0.5) is 0 Å². The topological polar surface area (TPSA) is 171 Å². The van der Waals surface area contributed by atoms with Gasteiger partial charge in [-0.15, -0.1) is 0 Å². The maximum Gasteiger partial charge on any atom is 0.335 e. The number of carbonyl (C=O) groups is 3. The first-order chi connectivity index (χ1) is 21.5. The Morgan fingerprint density at radius 1 is 0.809 bits per heavy atom. The Balaban J connectivity index is 1.34. The van der Waals surface area contributed by atoms with Crippen molar-refractivity contribution >= 4 is 17.7 Å². The summed E-state index contributed by atoms with van der Waals surface area (Å²) in [6, 6.07) is 0. The van der Waals surface area contributed by atoms with E-state index in [1.165, 1.54) is 5.57 Å². The summed E-state index contributed by atoms with van der Waals surface area (Å²) in [7, 11) is 0. The molecule has 47 heavy (non-hydrogen) atoms. The Kier molecular flexibility index (Phi) is 7.88. The Labute approximate surface area is 278 Å². The van der Waals surface area contributed by atoms with E-state index in [0.29, 0.717) is 25.7 Å². The van der Waals surface area contributed by atoms with Crippen LogP contribution in [0, 0.1) is 49.7 Å². The average molecular weight is 661 g/mol. The van der Waals surface area contributed by atoms with Gasteiger partial charge in [-0.25, -0.2) is 4.79 Å². The number of hydrogen-bond donors (Lipinski definition) is 5. The number of carbonyl (C=O) groups excluding carboxylic acids is 1. The molecule has 1 heterocycles. The van der Waals surface area contributed by atoms with Crippen LogP contribution in [0.25, 0.3) is 0 Å². The zero-order chi connectivity index (χ0) is 34.9. The van der Waals surface area contributed by atoms with E-state index in [-0.39, 0.29) is 33.9 Å². The van der Waals surface area contributed by atoms with Crippen LogP contribution in [0.2, 0.25) is 0 Å². The molecule has 0 radical (unpaired) electrons. The van der Waals surface area contributed by atoms with Gasteiger partial charge < -0.3 is 35.0 Å². The fourth-order valence-electron chi connectivity index (χ4n) is 12.1. The molecule has 0 spiro atoms. The summed E-state index contributed by atoms with van der Waals surface area (Å²) < 4.78 is 11.9. The normalized spacial score (nSPS) is 53.9. The third-order valence-electron chi connectivity index (χ3n) is 16.3. The monoisotopic (exact) mass is 660 g/mol. The average Bonchev–Trinajstić information content (AvgIpc) is 2.98. The van der Waals surface area contributed by atoms with Crippen LogP contribution in [-0.2, 0) is 23.9 Å². The summed E-state index contributed by atoms with van der Waals surface area (Å²) in [5.74, 6) is -2.28. The van der Waals surface area contributed by atoms with Crippen LogP contribution in [0.3, 0.4) is 0 Å². The number of ether oxygens (including phenoxy) is 2. The maximum atomic E-state index is 14.7. The first-order valence-corrected chi connectivity index (χ1v) is 17.6. The Morgan fingerprint density at radius 3 is 2.06 bits per heavy atom. The molecule has 4 saturated carbocycles. The lowest BCUT2D eigenvalue weighted by Gasteiger charge is -2.74. The Hall–Kier alpha value is -1.85. The van der Waals surface area contributed by atoms with Gasteiger partial charge in [-0.1, -0.05) is 54.0 Å². The molecular weight excluding hydrogens is 604 g/mol. The molecule has 264 valence electrons. The summed E-state index contributed by atoms with van der Waals surface area (Å²) in [6.45, 7) is 17.6. The Bertz CT molecular complexity index is 1390. The van der Waals surface area contributed by atoms with Gasteiger partial charge in [0.15, 0.2) is 18.2 Å². The second-order valence-electron chi connectivity index (χ2n) is 18.3. The van der Waals surface area contributed by atoms with E-state index in [2.05, 4.69) is 48.5 Å². The molecule has 0 aromatic heterocycles. The third-order valence-corrected chi connectivity index (χ3v) is 16.3. The lowest BCUT2D eigenvalue weighted by Crippen LogP contribution is -2.70. The molecule has 5 N–H and O–H groups in total.